The van der Waals surface area contributed by atoms with Crippen LogP contribution in [0.1, 0.15) is 66.2 Å². The Bertz CT molecular complexity index is 368. The average molecular weight is 276 g/mol. The van der Waals surface area contributed by atoms with Crippen LogP contribution >= 0.6 is 0 Å². The largest absolute Gasteiger partial charge is 0.303 e. The van der Waals surface area contributed by atoms with Crippen LogP contribution in [0, 0.1) is 35.0 Å². The number of allylic oxidation sites excluding steroid dienone is 1. The molecule has 2 saturated carbocycles. The fraction of sp³-hybridized carbons (Fsp3) is 0.842. The van der Waals surface area contributed by atoms with E-state index >= 15 is 0 Å². The van der Waals surface area contributed by atoms with Crippen LogP contribution < -0.4 is 0 Å². The van der Waals surface area contributed by atoms with Gasteiger partial charge in [-0.3, -0.25) is 0 Å². The van der Waals surface area contributed by atoms with Crippen molar-refractivity contribution in [2.45, 2.75) is 66.2 Å². The first-order valence-electron chi connectivity index (χ1n) is 8.49. The highest BCUT2D eigenvalue weighted by atomic mass is 16.1. The molecule has 114 valence electrons. The summed E-state index contributed by atoms with van der Waals surface area (Å²) >= 11 is 0. The Hall–Kier alpha value is -0.590. The van der Waals surface area contributed by atoms with Gasteiger partial charge < -0.3 is 4.79 Å². The summed E-state index contributed by atoms with van der Waals surface area (Å²) in [5.74, 6) is 3.34. The molecule has 3 unspecified atom stereocenters. The molecule has 1 nitrogen and oxygen atoms in total. The first-order chi connectivity index (χ1) is 9.36. The molecule has 5 atom stereocenters. The lowest BCUT2D eigenvalue weighted by Gasteiger charge is -2.54. The fourth-order valence-electron chi connectivity index (χ4n) is 4.86. The van der Waals surface area contributed by atoms with Gasteiger partial charge in [0, 0.05) is 5.92 Å². The Morgan fingerprint density at radius 3 is 2.75 bits per heavy atom. The highest BCUT2D eigenvalue weighted by Gasteiger charge is 2.47. The van der Waals surface area contributed by atoms with Crippen LogP contribution in [-0.2, 0) is 4.79 Å². The lowest BCUT2D eigenvalue weighted by molar-refractivity contribution is -0.111. The lowest BCUT2D eigenvalue weighted by Crippen LogP contribution is -2.45. The molecule has 2 fully saturated rings. The van der Waals surface area contributed by atoms with Gasteiger partial charge in [0.05, 0.1) is 0 Å². The molecule has 0 saturated heterocycles. The molecule has 2 aliphatic carbocycles. The Labute approximate surface area is 125 Å². The zero-order chi connectivity index (χ0) is 14.9. The van der Waals surface area contributed by atoms with Gasteiger partial charge in [-0.05, 0) is 67.6 Å². The third-order valence-corrected chi connectivity index (χ3v) is 6.30. The average Bonchev–Trinajstić information content (AvgIpc) is 2.41. The Morgan fingerprint density at radius 1 is 1.40 bits per heavy atom. The number of aldehydes is 1. The number of carbonyl (C=O) groups is 1. The quantitative estimate of drug-likeness (QED) is 0.506. The van der Waals surface area contributed by atoms with E-state index in [1.54, 1.807) is 0 Å². The molecule has 0 bridgehead atoms. The van der Waals surface area contributed by atoms with E-state index in [4.69, 9.17) is 0 Å². The zero-order valence-corrected chi connectivity index (χ0v) is 13.8. The summed E-state index contributed by atoms with van der Waals surface area (Å²) in [7, 11) is 0. The molecule has 0 spiro atoms. The molecular weight excluding hydrogens is 244 g/mol. The van der Waals surface area contributed by atoms with Crippen LogP contribution in [0.4, 0.5) is 0 Å². The minimum Gasteiger partial charge on any atom is -0.303 e. The van der Waals surface area contributed by atoms with E-state index in [1.165, 1.54) is 37.7 Å². The number of fused-ring (bicyclic) bond motifs is 1. The van der Waals surface area contributed by atoms with Crippen LogP contribution in [0.2, 0.25) is 0 Å². The lowest BCUT2D eigenvalue weighted by atomic mass is 9.51. The molecule has 0 amide bonds. The predicted octanol–water partition coefficient (Wildman–Crippen LogP) is 5.26. The summed E-state index contributed by atoms with van der Waals surface area (Å²) in [6.45, 7) is 13.8. The maximum atomic E-state index is 10.9. The van der Waals surface area contributed by atoms with Gasteiger partial charge >= 0.3 is 0 Å². The molecule has 20 heavy (non-hydrogen) atoms. The molecule has 0 N–H and O–H groups in total. The molecule has 2 aliphatic rings. The molecule has 0 heterocycles. The number of hydrogen-bond acceptors (Lipinski definition) is 1. The Kier molecular flexibility index (Phi) is 4.76. The van der Waals surface area contributed by atoms with E-state index in [1.807, 2.05) is 6.92 Å². The second-order valence-electron chi connectivity index (χ2n) is 8.18. The summed E-state index contributed by atoms with van der Waals surface area (Å²) < 4.78 is 0. The van der Waals surface area contributed by atoms with Gasteiger partial charge in [0.25, 0.3) is 0 Å². The van der Waals surface area contributed by atoms with Gasteiger partial charge in [-0.1, -0.05) is 39.8 Å². The molecule has 0 aromatic carbocycles. The summed E-state index contributed by atoms with van der Waals surface area (Å²) in [6, 6.07) is 0. The second kappa shape index (κ2) is 6.03. The van der Waals surface area contributed by atoms with Crippen molar-refractivity contribution >= 4 is 6.29 Å². The van der Waals surface area contributed by atoms with Gasteiger partial charge in [0.2, 0.25) is 0 Å². The standard InChI is InChI=1S/C19H32O/c1-13(12-20)6-8-16-14(2)7-9-17-18(16)15(3)10-11-19(17,4)5/h12-13,15-18H,2,6-11H2,1,3-5H3/t13?,15?,16-,17?,18-/m1/s1. The zero-order valence-electron chi connectivity index (χ0n) is 13.8. The van der Waals surface area contributed by atoms with Crippen molar-refractivity contribution in [2.75, 3.05) is 0 Å². The Balaban J connectivity index is 2.15. The van der Waals surface area contributed by atoms with Crippen molar-refractivity contribution < 1.29 is 4.79 Å². The third kappa shape index (κ3) is 3.02. The third-order valence-electron chi connectivity index (χ3n) is 6.30. The van der Waals surface area contributed by atoms with Gasteiger partial charge in [0.1, 0.15) is 6.29 Å². The summed E-state index contributed by atoms with van der Waals surface area (Å²) in [6.07, 6.45) is 8.58. The molecule has 1 heteroatoms. The van der Waals surface area contributed by atoms with E-state index in [0.29, 0.717) is 11.3 Å². The minimum absolute atomic E-state index is 0.204. The summed E-state index contributed by atoms with van der Waals surface area (Å²) in [4.78, 5) is 10.9. The van der Waals surface area contributed by atoms with Crippen LogP contribution in [0.5, 0.6) is 0 Å². The Morgan fingerprint density at radius 2 is 2.10 bits per heavy atom. The number of rotatable bonds is 4. The minimum atomic E-state index is 0.204. The van der Waals surface area contributed by atoms with Crippen LogP contribution in [0.3, 0.4) is 0 Å². The van der Waals surface area contributed by atoms with Crippen molar-refractivity contribution in [1.29, 1.82) is 0 Å². The van der Waals surface area contributed by atoms with Crippen molar-refractivity contribution in [1.82, 2.24) is 0 Å². The van der Waals surface area contributed by atoms with E-state index in [9.17, 15) is 4.79 Å². The smallest absolute Gasteiger partial charge is 0.122 e. The molecule has 0 aromatic heterocycles. The van der Waals surface area contributed by atoms with E-state index in [0.717, 1.165) is 30.5 Å². The van der Waals surface area contributed by atoms with Crippen molar-refractivity contribution in [3.8, 4) is 0 Å². The predicted molar refractivity (Wildman–Crippen MR) is 85.5 cm³/mol. The second-order valence-corrected chi connectivity index (χ2v) is 8.18. The fourth-order valence-corrected chi connectivity index (χ4v) is 4.86. The first kappa shape index (κ1) is 15.8. The molecular formula is C19H32O. The van der Waals surface area contributed by atoms with Crippen molar-refractivity contribution in [2.24, 2.45) is 35.0 Å². The van der Waals surface area contributed by atoms with Crippen LogP contribution in [-0.4, -0.2) is 6.29 Å². The SMILES string of the molecule is C=C1CCC2[C@H](C(C)CCC2(C)C)[C@@H]1CCC(C)C=O. The van der Waals surface area contributed by atoms with Gasteiger partial charge in [-0.2, -0.15) is 0 Å². The number of hydrogen-bond donors (Lipinski definition) is 0. The van der Waals surface area contributed by atoms with E-state index in [-0.39, 0.29) is 5.92 Å². The first-order valence-corrected chi connectivity index (χ1v) is 8.49. The molecule has 0 radical (unpaired) electrons. The van der Waals surface area contributed by atoms with Crippen molar-refractivity contribution in [3.05, 3.63) is 12.2 Å². The molecule has 0 aromatic rings. The molecule has 0 aliphatic heterocycles. The van der Waals surface area contributed by atoms with E-state index < -0.39 is 0 Å². The monoisotopic (exact) mass is 276 g/mol. The van der Waals surface area contributed by atoms with Crippen LogP contribution in [0.15, 0.2) is 12.2 Å². The number of carbonyl (C=O) groups excluding carboxylic acids is 1. The maximum Gasteiger partial charge on any atom is 0.122 e. The van der Waals surface area contributed by atoms with Gasteiger partial charge in [-0.15, -0.1) is 0 Å². The topological polar surface area (TPSA) is 17.1 Å². The van der Waals surface area contributed by atoms with Crippen molar-refractivity contribution in [3.63, 3.8) is 0 Å². The van der Waals surface area contributed by atoms with Crippen LogP contribution in [0.25, 0.3) is 0 Å². The summed E-state index contributed by atoms with van der Waals surface area (Å²) in [5.41, 5.74) is 1.96. The van der Waals surface area contributed by atoms with Gasteiger partial charge in [-0.25, -0.2) is 0 Å². The highest BCUT2D eigenvalue weighted by molar-refractivity contribution is 5.52. The highest BCUT2D eigenvalue weighted by Crippen LogP contribution is 2.56. The van der Waals surface area contributed by atoms with E-state index in [2.05, 4.69) is 27.4 Å². The maximum absolute atomic E-state index is 10.9. The summed E-state index contributed by atoms with van der Waals surface area (Å²) in [5, 5.41) is 0. The normalized spacial score (nSPS) is 38.1. The van der Waals surface area contributed by atoms with Gasteiger partial charge in [0.15, 0.2) is 0 Å². The molecule has 2 rings (SSSR count).